The molecule has 0 aliphatic carbocycles. The lowest BCUT2D eigenvalue weighted by atomic mass is 9.91. The van der Waals surface area contributed by atoms with E-state index in [1.165, 1.54) is 6.07 Å². The Morgan fingerprint density at radius 3 is 2.59 bits per heavy atom. The van der Waals surface area contributed by atoms with Crippen LogP contribution in [0.1, 0.15) is 38.7 Å². The predicted octanol–water partition coefficient (Wildman–Crippen LogP) is 2.48. The Bertz CT molecular complexity index is 365. The third kappa shape index (κ3) is 3.49. The Morgan fingerprint density at radius 2 is 2.18 bits per heavy atom. The van der Waals surface area contributed by atoms with Gasteiger partial charge in [0, 0.05) is 23.6 Å². The normalized spacial score (nSPS) is 14.3. The molecule has 0 fully saturated rings. The van der Waals surface area contributed by atoms with E-state index in [2.05, 4.69) is 31.1 Å². The molecule has 0 aromatic carbocycles. The molecule has 0 aliphatic heterocycles. The molecule has 2 unspecified atom stereocenters. The van der Waals surface area contributed by atoms with Crippen molar-refractivity contribution in [2.24, 2.45) is 0 Å². The number of rotatable bonds is 6. The first-order valence-electron chi connectivity index (χ1n) is 5.93. The molecule has 2 atom stereocenters. The zero-order chi connectivity index (χ0) is 12.8. The van der Waals surface area contributed by atoms with Gasteiger partial charge in [0.1, 0.15) is 6.20 Å². The van der Waals surface area contributed by atoms with E-state index in [1.54, 1.807) is 12.3 Å². The van der Waals surface area contributed by atoms with Gasteiger partial charge in [-0.3, -0.25) is 0 Å². The molecule has 0 aliphatic rings. The summed E-state index contributed by atoms with van der Waals surface area (Å²) < 4.78 is 0. The molecule has 0 amide bonds. The van der Waals surface area contributed by atoms with Gasteiger partial charge in [0.05, 0.1) is 0 Å². The number of nitrogens with one attached hydrogen (secondary N) is 1. The van der Waals surface area contributed by atoms with Crippen LogP contribution in [0.4, 0.5) is 5.82 Å². The van der Waals surface area contributed by atoms with E-state index in [-0.39, 0.29) is 5.82 Å². The summed E-state index contributed by atoms with van der Waals surface area (Å²) in [5.41, 5.74) is 1.05. The fourth-order valence-corrected chi connectivity index (χ4v) is 2.07. The summed E-state index contributed by atoms with van der Waals surface area (Å²) in [6.45, 7) is 7.22. The molecular formula is C12H19N3O2. The maximum absolute atomic E-state index is 10.5. The maximum atomic E-state index is 10.5. The Hall–Kier alpha value is -1.49. The summed E-state index contributed by atoms with van der Waals surface area (Å²) in [5.74, 6) is 0.239. The Balaban J connectivity index is 2.85. The molecule has 0 saturated carbocycles. The molecule has 94 valence electrons. The van der Waals surface area contributed by atoms with Crippen LogP contribution in [0.15, 0.2) is 18.3 Å². The fourth-order valence-electron chi connectivity index (χ4n) is 2.07. The first-order valence-corrected chi connectivity index (χ1v) is 5.93. The largest absolute Gasteiger partial charge is 0.363 e. The summed E-state index contributed by atoms with van der Waals surface area (Å²) in [6, 6.07) is 3.61. The van der Waals surface area contributed by atoms with Crippen molar-refractivity contribution in [1.29, 1.82) is 0 Å². The summed E-state index contributed by atoms with van der Waals surface area (Å²) in [7, 11) is 0. The second-order valence-electron chi connectivity index (χ2n) is 4.07. The van der Waals surface area contributed by atoms with E-state index in [1.807, 2.05) is 0 Å². The SMILES string of the molecule is CCNC(C)C(CC)c1ccc([N+](=O)[O-])nc1. The van der Waals surface area contributed by atoms with Crippen molar-refractivity contribution < 1.29 is 4.92 Å². The van der Waals surface area contributed by atoms with Crippen LogP contribution in [0, 0.1) is 10.1 Å². The van der Waals surface area contributed by atoms with Gasteiger partial charge >= 0.3 is 5.82 Å². The molecule has 17 heavy (non-hydrogen) atoms. The van der Waals surface area contributed by atoms with Crippen molar-refractivity contribution in [3.05, 3.63) is 34.0 Å². The third-order valence-electron chi connectivity index (χ3n) is 2.96. The molecule has 0 radical (unpaired) electrons. The Morgan fingerprint density at radius 1 is 1.47 bits per heavy atom. The first-order chi connectivity index (χ1) is 8.10. The van der Waals surface area contributed by atoms with Gasteiger partial charge < -0.3 is 15.4 Å². The Labute approximate surface area is 101 Å². The monoisotopic (exact) mass is 237 g/mol. The third-order valence-corrected chi connectivity index (χ3v) is 2.96. The first kappa shape index (κ1) is 13.6. The van der Waals surface area contributed by atoms with Gasteiger partial charge in [0.15, 0.2) is 0 Å². The number of pyridine rings is 1. The molecule has 1 N–H and O–H groups in total. The lowest BCUT2D eigenvalue weighted by molar-refractivity contribution is -0.389. The number of aromatic nitrogens is 1. The van der Waals surface area contributed by atoms with E-state index in [0.29, 0.717) is 12.0 Å². The van der Waals surface area contributed by atoms with Crippen LogP contribution in [0.3, 0.4) is 0 Å². The molecule has 0 saturated heterocycles. The average Bonchev–Trinajstić information content (AvgIpc) is 2.31. The van der Waals surface area contributed by atoms with Crippen LogP contribution in [0.25, 0.3) is 0 Å². The van der Waals surface area contributed by atoms with Gasteiger partial charge in [-0.2, -0.15) is 0 Å². The zero-order valence-corrected chi connectivity index (χ0v) is 10.5. The van der Waals surface area contributed by atoms with Crippen LogP contribution in [0.2, 0.25) is 0 Å². The average molecular weight is 237 g/mol. The molecule has 0 bridgehead atoms. The van der Waals surface area contributed by atoms with E-state index in [0.717, 1.165) is 18.5 Å². The lowest BCUT2D eigenvalue weighted by Crippen LogP contribution is -2.31. The van der Waals surface area contributed by atoms with E-state index in [4.69, 9.17) is 0 Å². The smallest absolute Gasteiger partial charge is 0.358 e. The summed E-state index contributed by atoms with van der Waals surface area (Å²) in [4.78, 5) is 13.9. The van der Waals surface area contributed by atoms with Crippen molar-refractivity contribution in [3.8, 4) is 0 Å². The number of hydrogen-bond acceptors (Lipinski definition) is 4. The van der Waals surface area contributed by atoms with Crippen molar-refractivity contribution in [2.75, 3.05) is 6.54 Å². The van der Waals surface area contributed by atoms with E-state index >= 15 is 0 Å². The van der Waals surface area contributed by atoms with Gasteiger partial charge in [0.25, 0.3) is 0 Å². The number of likely N-dealkylation sites (N-methyl/N-ethyl adjacent to an activating group) is 1. The highest BCUT2D eigenvalue weighted by molar-refractivity contribution is 5.26. The quantitative estimate of drug-likeness (QED) is 0.609. The summed E-state index contributed by atoms with van der Waals surface area (Å²) in [6.07, 6.45) is 2.59. The fraction of sp³-hybridized carbons (Fsp3) is 0.583. The molecular weight excluding hydrogens is 218 g/mol. The molecule has 1 aromatic rings. The zero-order valence-electron chi connectivity index (χ0n) is 10.5. The van der Waals surface area contributed by atoms with E-state index in [9.17, 15) is 10.1 Å². The van der Waals surface area contributed by atoms with Crippen LogP contribution in [-0.2, 0) is 0 Å². The van der Waals surface area contributed by atoms with Gasteiger partial charge in [-0.25, -0.2) is 0 Å². The van der Waals surface area contributed by atoms with Crippen molar-refractivity contribution >= 4 is 5.82 Å². The highest BCUT2D eigenvalue weighted by Gasteiger charge is 2.19. The lowest BCUT2D eigenvalue weighted by Gasteiger charge is -2.22. The minimum absolute atomic E-state index is 0.0975. The van der Waals surface area contributed by atoms with Gasteiger partial charge in [-0.15, -0.1) is 0 Å². The topological polar surface area (TPSA) is 68.1 Å². The second kappa shape index (κ2) is 6.30. The molecule has 5 nitrogen and oxygen atoms in total. The molecule has 0 spiro atoms. The Kier molecular flexibility index (Phi) is 5.03. The predicted molar refractivity (Wildman–Crippen MR) is 67.1 cm³/mol. The molecule has 1 rings (SSSR count). The van der Waals surface area contributed by atoms with Crippen LogP contribution in [0.5, 0.6) is 0 Å². The minimum Gasteiger partial charge on any atom is -0.358 e. The van der Waals surface area contributed by atoms with Crippen LogP contribution < -0.4 is 5.32 Å². The van der Waals surface area contributed by atoms with Crippen molar-refractivity contribution in [1.82, 2.24) is 10.3 Å². The van der Waals surface area contributed by atoms with E-state index < -0.39 is 4.92 Å². The highest BCUT2D eigenvalue weighted by Crippen LogP contribution is 2.23. The van der Waals surface area contributed by atoms with Gasteiger partial charge in [0.2, 0.25) is 0 Å². The van der Waals surface area contributed by atoms with Crippen LogP contribution >= 0.6 is 0 Å². The number of nitro groups is 1. The van der Waals surface area contributed by atoms with Crippen LogP contribution in [-0.4, -0.2) is 22.5 Å². The highest BCUT2D eigenvalue weighted by atomic mass is 16.6. The van der Waals surface area contributed by atoms with Crippen molar-refractivity contribution in [3.63, 3.8) is 0 Å². The number of hydrogen-bond donors (Lipinski definition) is 1. The molecule has 1 aromatic heterocycles. The minimum atomic E-state index is -0.474. The molecule has 5 heteroatoms. The standard InChI is InChI=1S/C12H19N3O2/c1-4-11(9(3)13-5-2)10-6-7-12(14-8-10)15(16)17/h6-9,11,13H,4-5H2,1-3H3. The second-order valence-corrected chi connectivity index (χ2v) is 4.07. The van der Waals surface area contributed by atoms with Gasteiger partial charge in [-0.1, -0.05) is 13.8 Å². The number of nitrogens with zero attached hydrogens (tertiary/aromatic N) is 2. The summed E-state index contributed by atoms with van der Waals surface area (Å²) >= 11 is 0. The molecule has 1 heterocycles. The van der Waals surface area contributed by atoms with Crippen molar-refractivity contribution in [2.45, 2.75) is 39.2 Å². The summed E-state index contributed by atoms with van der Waals surface area (Å²) in [5, 5.41) is 13.9. The maximum Gasteiger partial charge on any atom is 0.363 e. The van der Waals surface area contributed by atoms with Gasteiger partial charge in [-0.05, 0) is 35.9 Å².